The summed E-state index contributed by atoms with van der Waals surface area (Å²) in [6.45, 7) is 1.12. The van der Waals surface area contributed by atoms with E-state index in [9.17, 15) is 0 Å². The fourth-order valence-corrected chi connectivity index (χ4v) is 2.17. The van der Waals surface area contributed by atoms with E-state index in [4.69, 9.17) is 9.84 Å². The maximum absolute atomic E-state index is 9.03. The molecule has 0 radical (unpaired) electrons. The van der Waals surface area contributed by atoms with Crippen molar-refractivity contribution < 1.29 is 9.84 Å². The van der Waals surface area contributed by atoms with E-state index < -0.39 is 0 Å². The summed E-state index contributed by atoms with van der Waals surface area (Å²) in [6.07, 6.45) is 3.46. The van der Waals surface area contributed by atoms with Crippen LogP contribution < -0.4 is 10.1 Å². The van der Waals surface area contributed by atoms with Gasteiger partial charge in [0.25, 0.3) is 0 Å². The lowest BCUT2D eigenvalue weighted by Crippen LogP contribution is -2.31. The molecule has 3 heteroatoms. The number of hydrogen-bond donors (Lipinski definition) is 2. The van der Waals surface area contributed by atoms with E-state index in [1.165, 1.54) is 18.4 Å². The Labute approximate surface area is 103 Å². The third-order valence-corrected chi connectivity index (χ3v) is 3.33. The van der Waals surface area contributed by atoms with Gasteiger partial charge in [-0.3, -0.25) is 0 Å². The van der Waals surface area contributed by atoms with Gasteiger partial charge in [0.1, 0.15) is 5.75 Å². The topological polar surface area (TPSA) is 41.5 Å². The van der Waals surface area contributed by atoms with Crippen molar-refractivity contribution >= 4 is 0 Å². The Morgan fingerprint density at radius 2 is 2.29 bits per heavy atom. The van der Waals surface area contributed by atoms with Gasteiger partial charge in [0, 0.05) is 19.2 Å². The molecule has 2 rings (SSSR count). The highest BCUT2D eigenvalue weighted by Gasteiger charge is 2.30. The first-order valence-electron chi connectivity index (χ1n) is 6.30. The molecule has 0 heterocycles. The van der Waals surface area contributed by atoms with Crippen LogP contribution in [-0.2, 0) is 6.54 Å². The van der Waals surface area contributed by atoms with Gasteiger partial charge in [0.2, 0.25) is 0 Å². The third kappa shape index (κ3) is 3.72. The van der Waals surface area contributed by atoms with Crippen molar-refractivity contribution in [3.05, 3.63) is 29.8 Å². The van der Waals surface area contributed by atoms with Crippen LogP contribution in [0.15, 0.2) is 24.3 Å². The van der Waals surface area contributed by atoms with Gasteiger partial charge >= 0.3 is 0 Å². The highest BCUT2D eigenvalue weighted by atomic mass is 16.5. The van der Waals surface area contributed by atoms with Crippen LogP contribution in [0.25, 0.3) is 0 Å². The van der Waals surface area contributed by atoms with E-state index >= 15 is 0 Å². The summed E-state index contributed by atoms with van der Waals surface area (Å²) in [7, 11) is 1.69. The summed E-state index contributed by atoms with van der Waals surface area (Å²) in [4.78, 5) is 0. The summed E-state index contributed by atoms with van der Waals surface area (Å²) in [5.41, 5.74) is 1.23. The maximum atomic E-state index is 9.03. The molecular weight excluding hydrogens is 214 g/mol. The molecule has 1 unspecified atom stereocenters. The van der Waals surface area contributed by atoms with Crippen LogP contribution in [0.5, 0.6) is 5.75 Å². The van der Waals surface area contributed by atoms with Crippen LogP contribution in [0.1, 0.15) is 24.8 Å². The van der Waals surface area contributed by atoms with E-state index in [-0.39, 0.29) is 6.61 Å². The molecule has 0 bridgehead atoms. The lowest BCUT2D eigenvalue weighted by Gasteiger charge is -2.17. The van der Waals surface area contributed by atoms with Gasteiger partial charge in [-0.25, -0.2) is 0 Å². The van der Waals surface area contributed by atoms with Crippen molar-refractivity contribution in [2.75, 3.05) is 13.7 Å². The predicted octanol–water partition coefficient (Wildman–Crippen LogP) is 1.95. The molecule has 1 atom stereocenters. The van der Waals surface area contributed by atoms with Gasteiger partial charge in [-0.05, 0) is 42.9 Å². The minimum Gasteiger partial charge on any atom is -0.497 e. The molecule has 2 N–H and O–H groups in total. The van der Waals surface area contributed by atoms with E-state index in [1.54, 1.807) is 7.11 Å². The van der Waals surface area contributed by atoms with Crippen LogP contribution >= 0.6 is 0 Å². The first-order chi connectivity index (χ1) is 8.33. The summed E-state index contributed by atoms with van der Waals surface area (Å²) in [5, 5.41) is 12.6. The van der Waals surface area contributed by atoms with E-state index in [0.29, 0.717) is 6.04 Å². The van der Waals surface area contributed by atoms with E-state index in [1.807, 2.05) is 12.1 Å². The molecule has 1 aromatic carbocycles. The van der Waals surface area contributed by atoms with Crippen molar-refractivity contribution in [3.63, 3.8) is 0 Å². The van der Waals surface area contributed by atoms with Gasteiger partial charge in [-0.2, -0.15) is 0 Å². The molecule has 17 heavy (non-hydrogen) atoms. The highest BCUT2D eigenvalue weighted by Crippen LogP contribution is 2.34. The van der Waals surface area contributed by atoms with Gasteiger partial charge in [-0.15, -0.1) is 0 Å². The molecule has 0 aliphatic heterocycles. The van der Waals surface area contributed by atoms with Gasteiger partial charge < -0.3 is 15.2 Å². The van der Waals surface area contributed by atoms with Crippen molar-refractivity contribution in [1.82, 2.24) is 5.32 Å². The number of rotatable bonds is 7. The summed E-state index contributed by atoms with van der Waals surface area (Å²) >= 11 is 0. The van der Waals surface area contributed by atoms with Crippen LogP contribution in [0, 0.1) is 5.92 Å². The standard InChI is InChI=1S/C14H21NO2/c1-17-13-4-2-3-11(9-13)10-15-14(7-8-16)12-5-6-12/h2-4,9,12,14-16H,5-8,10H2,1H3. The molecule has 1 aliphatic rings. The monoisotopic (exact) mass is 235 g/mol. The number of aliphatic hydroxyl groups is 1. The summed E-state index contributed by atoms with van der Waals surface area (Å²) in [6, 6.07) is 8.57. The van der Waals surface area contributed by atoms with Crippen LogP contribution in [-0.4, -0.2) is 24.9 Å². The SMILES string of the molecule is COc1cccc(CNC(CCO)C2CC2)c1. The molecule has 94 valence electrons. The second kappa shape index (κ2) is 6.03. The van der Waals surface area contributed by atoms with Crippen molar-refractivity contribution in [2.24, 2.45) is 5.92 Å². The normalized spacial score (nSPS) is 16.8. The zero-order valence-corrected chi connectivity index (χ0v) is 10.4. The Balaban J connectivity index is 1.86. The quantitative estimate of drug-likeness (QED) is 0.759. The minimum absolute atomic E-state index is 0.270. The fourth-order valence-electron chi connectivity index (χ4n) is 2.17. The van der Waals surface area contributed by atoms with Crippen molar-refractivity contribution in [3.8, 4) is 5.75 Å². The molecule has 1 aliphatic carbocycles. The number of methoxy groups -OCH3 is 1. The minimum atomic E-state index is 0.270. The summed E-state index contributed by atoms with van der Waals surface area (Å²) in [5.74, 6) is 1.67. The second-order valence-corrected chi connectivity index (χ2v) is 4.69. The first kappa shape index (κ1) is 12.4. The number of hydrogen-bond acceptors (Lipinski definition) is 3. The van der Waals surface area contributed by atoms with E-state index in [2.05, 4.69) is 17.4 Å². The smallest absolute Gasteiger partial charge is 0.119 e. The Kier molecular flexibility index (Phi) is 4.40. The summed E-state index contributed by atoms with van der Waals surface area (Å²) < 4.78 is 5.20. The average molecular weight is 235 g/mol. The Bertz CT molecular complexity index is 350. The Morgan fingerprint density at radius 3 is 2.94 bits per heavy atom. The number of aliphatic hydroxyl groups excluding tert-OH is 1. The average Bonchev–Trinajstić information content (AvgIpc) is 3.19. The van der Waals surface area contributed by atoms with Gasteiger partial charge in [-0.1, -0.05) is 12.1 Å². The molecule has 0 spiro atoms. The van der Waals surface area contributed by atoms with Gasteiger partial charge in [0.15, 0.2) is 0 Å². The van der Waals surface area contributed by atoms with E-state index in [0.717, 1.165) is 24.6 Å². The second-order valence-electron chi connectivity index (χ2n) is 4.69. The highest BCUT2D eigenvalue weighted by molar-refractivity contribution is 5.28. The lowest BCUT2D eigenvalue weighted by molar-refractivity contribution is 0.255. The zero-order valence-electron chi connectivity index (χ0n) is 10.4. The van der Waals surface area contributed by atoms with Crippen LogP contribution in [0.2, 0.25) is 0 Å². The molecular formula is C14H21NO2. The molecule has 1 saturated carbocycles. The molecule has 0 amide bonds. The molecule has 3 nitrogen and oxygen atoms in total. The number of nitrogens with one attached hydrogen (secondary N) is 1. The first-order valence-corrected chi connectivity index (χ1v) is 6.30. The predicted molar refractivity (Wildman–Crippen MR) is 68.0 cm³/mol. The molecule has 1 fully saturated rings. The zero-order chi connectivity index (χ0) is 12.1. The lowest BCUT2D eigenvalue weighted by atomic mass is 10.1. The Morgan fingerprint density at radius 1 is 1.47 bits per heavy atom. The molecule has 0 saturated heterocycles. The van der Waals surface area contributed by atoms with Gasteiger partial charge in [0.05, 0.1) is 7.11 Å². The van der Waals surface area contributed by atoms with Crippen LogP contribution in [0.3, 0.4) is 0 Å². The number of ether oxygens (including phenoxy) is 1. The fraction of sp³-hybridized carbons (Fsp3) is 0.571. The third-order valence-electron chi connectivity index (χ3n) is 3.33. The molecule has 1 aromatic rings. The maximum Gasteiger partial charge on any atom is 0.119 e. The van der Waals surface area contributed by atoms with Crippen molar-refractivity contribution in [2.45, 2.75) is 31.8 Å². The van der Waals surface area contributed by atoms with Crippen molar-refractivity contribution in [1.29, 1.82) is 0 Å². The number of benzene rings is 1. The van der Waals surface area contributed by atoms with Crippen LogP contribution in [0.4, 0.5) is 0 Å². The Hall–Kier alpha value is -1.06. The molecule has 0 aromatic heterocycles. The largest absolute Gasteiger partial charge is 0.497 e.